The highest BCUT2D eigenvalue weighted by molar-refractivity contribution is 5.91. The van der Waals surface area contributed by atoms with Crippen LogP contribution < -0.4 is 5.32 Å². The molecule has 0 bridgehead atoms. The van der Waals surface area contributed by atoms with Gasteiger partial charge in [-0.2, -0.15) is 0 Å². The maximum absolute atomic E-state index is 11.9. The molecule has 0 saturated carbocycles. The Morgan fingerprint density at radius 3 is 2.18 bits per heavy atom. The summed E-state index contributed by atoms with van der Waals surface area (Å²) in [5, 5.41) is 27.9. The lowest BCUT2D eigenvalue weighted by molar-refractivity contribution is -0.137. The number of carbonyl (C=O) groups excluding carboxylic acids is 1. The molecule has 8 heteroatoms. The minimum absolute atomic E-state index is 0.0357. The summed E-state index contributed by atoms with van der Waals surface area (Å²) in [6, 6.07) is 14.8. The molecule has 0 atom stereocenters. The number of hydrogen-bond donors (Lipinski definition) is 2. The zero-order valence-corrected chi connectivity index (χ0v) is 15.3. The van der Waals surface area contributed by atoms with Crippen molar-refractivity contribution in [3.05, 3.63) is 54.1 Å². The maximum Gasteiger partial charge on any atom is 0.303 e. The number of amides is 1. The Morgan fingerprint density at radius 1 is 0.893 bits per heavy atom. The van der Waals surface area contributed by atoms with Gasteiger partial charge >= 0.3 is 5.97 Å². The molecule has 0 aliphatic heterocycles. The number of nitrogens with zero attached hydrogens (tertiary/aromatic N) is 4. The zero-order chi connectivity index (χ0) is 19.9. The highest BCUT2D eigenvalue weighted by Gasteiger charge is 2.09. The van der Waals surface area contributed by atoms with Crippen molar-refractivity contribution in [3.63, 3.8) is 0 Å². The molecule has 1 heterocycles. The third-order valence-electron chi connectivity index (χ3n) is 3.99. The molecule has 2 aromatic carbocycles. The summed E-state index contributed by atoms with van der Waals surface area (Å²) in [7, 11) is 0. The summed E-state index contributed by atoms with van der Waals surface area (Å²) >= 11 is 0. The zero-order valence-electron chi connectivity index (χ0n) is 15.3. The van der Waals surface area contributed by atoms with Crippen molar-refractivity contribution in [1.82, 2.24) is 20.4 Å². The topological polar surface area (TPSA) is 118 Å². The van der Waals surface area contributed by atoms with Crippen LogP contribution in [0.2, 0.25) is 0 Å². The monoisotopic (exact) mass is 377 g/mol. The first-order chi connectivity index (χ1) is 13.5. The molecule has 8 nitrogen and oxygen atoms in total. The standard InChI is InChI=1S/C20H19N5O3/c1-13-8-10-14(11-9-13)19-22-24-20(25-23-19)15-4-2-5-16(12-15)21-17(26)6-3-7-18(27)28/h2,4-5,8-12H,3,6-7H2,1H3,(H,21,26)(H,27,28). The van der Waals surface area contributed by atoms with Crippen LogP contribution in [0, 0.1) is 6.92 Å². The minimum Gasteiger partial charge on any atom is -0.481 e. The molecular formula is C20H19N5O3. The Kier molecular flexibility index (Phi) is 6.01. The Balaban J connectivity index is 1.68. The molecule has 0 saturated heterocycles. The smallest absolute Gasteiger partial charge is 0.303 e. The normalized spacial score (nSPS) is 10.5. The predicted octanol–water partition coefficient (Wildman–Crippen LogP) is 3.10. The van der Waals surface area contributed by atoms with Gasteiger partial charge in [-0.1, -0.05) is 42.0 Å². The van der Waals surface area contributed by atoms with E-state index < -0.39 is 5.97 Å². The fourth-order valence-electron chi connectivity index (χ4n) is 2.52. The first-order valence-corrected chi connectivity index (χ1v) is 8.78. The van der Waals surface area contributed by atoms with Gasteiger partial charge in [-0.05, 0) is 25.5 Å². The number of hydrogen-bond acceptors (Lipinski definition) is 6. The summed E-state index contributed by atoms with van der Waals surface area (Å²) in [5.41, 5.74) is 3.21. The van der Waals surface area contributed by atoms with Gasteiger partial charge in [-0.3, -0.25) is 9.59 Å². The number of aromatic nitrogens is 4. The molecule has 3 rings (SSSR count). The van der Waals surface area contributed by atoms with E-state index in [9.17, 15) is 9.59 Å². The van der Waals surface area contributed by atoms with Crippen molar-refractivity contribution in [2.75, 3.05) is 5.32 Å². The number of aryl methyl sites for hydroxylation is 1. The quantitative estimate of drug-likeness (QED) is 0.649. The molecule has 0 radical (unpaired) electrons. The van der Waals surface area contributed by atoms with Crippen LogP contribution >= 0.6 is 0 Å². The van der Waals surface area contributed by atoms with E-state index >= 15 is 0 Å². The number of nitrogens with one attached hydrogen (secondary N) is 1. The van der Waals surface area contributed by atoms with Gasteiger partial charge in [0.2, 0.25) is 17.6 Å². The van der Waals surface area contributed by atoms with Crippen LogP contribution in [0.15, 0.2) is 48.5 Å². The number of benzene rings is 2. The van der Waals surface area contributed by atoms with E-state index in [-0.39, 0.29) is 25.2 Å². The lowest BCUT2D eigenvalue weighted by atomic mass is 10.1. The van der Waals surface area contributed by atoms with E-state index in [0.717, 1.165) is 11.1 Å². The Bertz CT molecular complexity index is 972. The van der Waals surface area contributed by atoms with Crippen molar-refractivity contribution in [3.8, 4) is 22.8 Å². The number of anilines is 1. The minimum atomic E-state index is -0.916. The molecular weight excluding hydrogens is 358 g/mol. The molecule has 0 unspecified atom stereocenters. The average molecular weight is 377 g/mol. The number of carboxylic acids is 1. The second-order valence-corrected chi connectivity index (χ2v) is 6.29. The number of aliphatic carboxylic acids is 1. The SMILES string of the molecule is Cc1ccc(-c2nnc(-c3cccc(NC(=O)CCCC(=O)O)c3)nn2)cc1. The Labute approximate surface area is 161 Å². The molecule has 142 valence electrons. The fourth-order valence-corrected chi connectivity index (χ4v) is 2.52. The maximum atomic E-state index is 11.9. The first-order valence-electron chi connectivity index (χ1n) is 8.78. The lowest BCUT2D eigenvalue weighted by Gasteiger charge is -2.06. The van der Waals surface area contributed by atoms with Gasteiger partial charge in [0.25, 0.3) is 0 Å². The number of rotatable bonds is 7. The highest BCUT2D eigenvalue weighted by Crippen LogP contribution is 2.20. The summed E-state index contributed by atoms with van der Waals surface area (Å²) in [4.78, 5) is 22.4. The van der Waals surface area contributed by atoms with E-state index in [0.29, 0.717) is 22.9 Å². The van der Waals surface area contributed by atoms with Gasteiger partial charge in [0.05, 0.1) is 0 Å². The second kappa shape index (κ2) is 8.81. The van der Waals surface area contributed by atoms with Crippen LogP contribution in [0.1, 0.15) is 24.8 Å². The van der Waals surface area contributed by atoms with E-state index in [2.05, 4.69) is 25.7 Å². The Hall–Kier alpha value is -3.68. The highest BCUT2D eigenvalue weighted by atomic mass is 16.4. The van der Waals surface area contributed by atoms with Crippen LogP contribution in [0.5, 0.6) is 0 Å². The van der Waals surface area contributed by atoms with Gasteiger partial charge in [0.1, 0.15) is 0 Å². The summed E-state index contributed by atoms with van der Waals surface area (Å²) in [5.74, 6) is -0.379. The van der Waals surface area contributed by atoms with E-state index in [1.807, 2.05) is 31.2 Å². The first kappa shape index (κ1) is 19.1. The van der Waals surface area contributed by atoms with Gasteiger partial charge < -0.3 is 10.4 Å². The van der Waals surface area contributed by atoms with Crippen LogP contribution in [-0.4, -0.2) is 37.4 Å². The third-order valence-corrected chi connectivity index (χ3v) is 3.99. The average Bonchev–Trinajstić information content (AvgIpc) is 2.69. The van der Waals surface area contributed by atoms with Gasteiger partial charge in [0, 0.05) is 29.7 Å². The van der Waals surface area contributed by atoms with Crippen LogP contribution in [0.4, 0.5) is 5.69 Å². The molecule has 1 aromatic heterocycles. The van der Waals surface area contributed by atoms with Gasteiger partial charge in [0.15, 0.2) is 0 Å². The molecule has 0 aliphatic rings. The Morgan fingerprint density at radius 2 is 1.54 bits per heavy atom. The molecule has 1 amide bonds. The molecule has 0 aliphatic carbocycles. The fraction of sp³-hybridized carbons (Fsp3) is 0.200. The second-order valence-electron chi connectivity index (χ2n) is 6.29. The third kappa shape index (κ3) is 5.16. The largest absolute Gasteiger partial charge is 0.481 e. The van der Waals surface area contributed by atoms with Crippen molar-refractivity contribution < 1.29 is 14.7 Å². The van der Waals surface area contributed by atoms with Crippen LogP contribution in [0.3, 0.4) is 0 Å². The number of carbonyl (C=O) groups is 2. The van der Waals surface area contributed by atoms with Crippen molar-refractivity contribution in [2.24, 2.45) is 0 Å². The van der Waals surface area contributed by atoms with Gasteiger partial charge in [-0.15, -0.1) is 20.4 Å². The summed E-state index contributed by atoms with van der Waals surface area (Å²) in [6.07, 6.45) is 0.394. The molecule has 0 spiro atoms. The predicted molar refractivity (Wildman–Crippen MR) is 103 cm³/mol. The summed E-state index contributed by atoms with van der Waals surface area (Å²) in [6.45, 7) is 2.00. The molecule has 3 aromatic rings. The van der Waals surface area contributed by atoms with E-state index in [1.54, 1.807) is 24.3 Å². The van der Waals surface area contributed by atoms with Crippen LogP contribution in [-0.2, 0) is 9.59 Å². The van der Waals surface area contributed by atoms with Crippen LogP contribution in [0.25, 0.3) is 22.8 Å². The number of carboxylic acid groups (broad SMARTS) is 1. The van der Waals surface area contributed by atoms with E-state index in [4.69, 9.17) is 5.11 Å². The molecule has 2 N–H and O–H groups in total. The summed E-state index contributed by atoms with van der Waals surface area (Å²) < 4.78 is 0. The van der Waals surface area contributed by atoms with Gasteiger partial charge in [-0.25, -0.2) is 0 Å². The molecule has 28 heavy (non-hydrogen) atoms. The van der Waals surface area contributed by atoms with Crippen molar-refractivity contribution in [2.45, 2.75) is 26.2 Å². The lowest BCUT2D eigenvalue weighted by Crippen LogP contribution is -2.12. The molecule has 0 fully saturated rings. The van der Waals surface area contributed by atoms with Crippen molar-refractivity contribution >= 4 is 17.6 Å². The van der Waals surface area contributed by atoms with E-state index in [1.165, 1.54) is 0 Å². The van der Waals surface area contributed by atoms with Crippen molar-refractivity contribution in [1.29, 1.82) is 0 Å².